The van der Waals surface area contributed by atoms with E-state index in [0.717, 1.165) is 10.7 Å². The zero-order chi connectivity index (χ0) is 13.3. The molecule has 5 nitrogen and oxygen atoms in total. The number of thiazole rings is 1. The van der Waals surface area contributed by atoms with Crippen LogP contribution in [0.2, 0.25) is 0 Å². The van der Waals surface area contributed by atoms with Gasteiger partial charge in [-0.15, -0.1) is 11.3 Å². The number of nitrogen functional groups attached to an aromatic ring is 1. The van der Waals surface area contributed by atoms with Gasteiger partial charge >= 0.3 is 0 Å². The van der Waals surface area contributed by atoms with E-state index >= 15 is 0 Å². The van der Waals surface area contributed by atoms with Crippen LogP contribution in [0.3, 0.4) is 0 Å². The van der Waals surface area contributed by atoms with Gasteiger partial charge in [-0.3, -0.25) is 0 Å². The monoisotopic (exact) mass is 261 g/mol. The van der Waals surface area contributed by atoms with Crippen molar-refractivity contribution in [2.24, 2.45) is 0 Å². The van der Waals surface area contributed by atoms with Crippen molar-refractivity contribution < 1.29 is 0 Å². The van der Waals surface area contributed by atoms with Gasteiger partial charge in [-0.25, -0.2) is 9.67 Å². The smallest absolute Gasteiger partial charge is 0.140 e. The van der Waals surface area contributed by atoms with Gasteiger partial charge in [0.1, 0.15) is 17.5 Å². The predicted molar refractivity (Wildman–Crippen MR) is 71.4 cm³/mol. The Bertz CT molecular complexity index is 603. The van der Waals surface area contributed by atoms with Gasteiger partial charge in [-0.1, -0.05) is 13.8 Å². The topological polar surface area (TPSA) is 80.5 Å². The first-order valence-electron chi connectivity index (χ1n) is 5.70. The van der Waals surface area contributed by atoms with E-state index < -0.39 is 0 Å². The van der Waals surface area contributed by atoms with Gasteiger partial charge in [-0.05, 0) is 6.92 Å². The molecule has 0 aliphatic carbocycles. The number of nitriles is 1. The van der Waals surface area contributed by atoms with Crippen molar-refractivity contribution in [3.05, 3.63) is 27.3 Å². The molecule has 0 saturated carbocycles. The molecular weight excluding hydrogens is 246 g/mol. The molecule has 0 bridgehead atoms. The molecule has 2 aromatic rings. The zero-order valence-corrected chi connectivity index (χ0v) is 11.5. The van der Waals surface area contributed by atoms with Crippen molar-refractivity contribution in [3.63, 3.8) is 0 Å². The third kappa shape index (κ3) is 2.22. The minimum absolute atomic E-state index is 0.411. The highest BCUT2D eigenvalue weighted by Gasteiger charge is 2.13. The number of nitrogens with two attached hydrogens (primary N) is 1. The number of anilines is 1. The van der Waals surface area contributed by atoms with Crippen molar-refractivity contribution in [1.82, 2.24) is 14.8 Å². The van der Waals surface area contributed by atoms with Gasteiger partial charge in [0.15, 0.2) is 0 Å². The highest BCUT2D eigenvalue weighted by Crippen LogP contribution is 2.21. The van der Waals surface area contributed by atoms with Crippen LogP contribution < -0.4 is 5.73 Å². The second-order valence-corrected chi connectivity index (χ2v) is 5.34. The number of rotatable bonds is 3. The van der Waals surface area contributed by atoms with E-state index in [1.807, 2.05) is 5.38 Å². The van der Waals surface area contributed by atoms with Crippen molar-refractivity contribution in [3.8, 4) is 6.07 Å². The van der Waals surface area contributed by atoms with Gasteiger partial charge in [0.2, 0.25) is 0 Å². The third-order valence-corrected chi connectivity index (χ3v) is 3.85. The maximum absolute atomic E-state index is 8.96. The van der Waals surface area contributed by atoms with Crippen molar-refractivity contribution in [1.29, 1.82) is 5.26 Å². The molecule has 94 valence electrons. The first-order valence-corrected chi connectivity index (χ1v) is 6.58. The molecule has 0 saturated heterocycles. The molecule has 0 spiro atoms. The van der Waals surface area contributed by atoms with E-state index in [1.54, 1.807) is 22.9 Å². The summed E-state index contributed by atoms with van der Waals surface area (Å²) in [6, 6.07) is 2.07. The molecule has 2 N–H and O–H groups in total. The summed E-state index contributed by atoms with van der Waals surface area (Å²) in [5.41, 5.74) is 7.93. The molecule has 0 aliphatic heterocycles. The molecule has 0 fully saturated rings. The molecule has 0 unspecified atom stereocenters. The van der Waals surface area contributed by atoms with Gasteiger partial charge < -0.3 is 5.73 Å². The Labute approximate surface area is 110 Å². The standard InChI is InChI=1S/C12H15N5S/c1-7(2)12-15-9(6-18-12)5-17-11(14)10(4-13)8(3)16-17/h6-7H,5,14H2,1-3H3. The third-order valence-electron chi connectivity index (χ3n) is 2.65. The molecule has 0 atom stereocenters. The van der Waals surface area contributed by atoms with Gasteiger partial charge in [-0.2, -0.15) is 10.4 Å². The number of nitrogens with zero attached hydrogens (tertiary/aromatic N) is 4. The lowest BCUT2D eigenvalue weighted by atomic mass is 10.2. The highest BCUT2D eigenvalue weighted by molar-refractivity contribution is 7.09. The van der Waals surface area contributed by atoms with Crippen LogP contribution in [0.15, 0.2) is 5.38 Å². The molecule has 0 aromatic carbocycles. The van der Waals surface area contributed by atoms with E-state index in [4.69, 9.17) is 11.0 Å². The average molecular weight is 261 g/mol. The van der Waals surface area contributed by atoms with Crippen LogP contribution in [0.4, 0.5) is 5.82 Å². The first-order chi connectivity index (χ1) is 8.52. The Morgan fingerprint density at radius 1 is 1.56 bits per heavy atom. The quantitative estimate of drug-likeness (QED) is 0.919. The molecule has 18 heavy (non-hydrogen) atoms. The highest BCUT2D eigenvalue weighted by atomic mass is 32.1. The molecular formula is C12H15N5S. The van der Waals surface area contributed by atoms with Gasteiger partial charge in [0, 0.05) is 11.3 Å². The average Bonchev–Trinajstić information content (AvgIpc) is 2.86. The van der Waals surface area contributed by atoms with Crippen LogP contribution >= 0.6 is 11.3 Å². The molecule has 2 heterocycles. The number of hydrogen-bond acceptors (Lipinski definition) is 5. The van der Waals surface area contributed by atoms with Crippen LogP contribution in [0, 0.1) is 18.3 Å². The van der Waals surface area contributed by atoms with Crippen molar-refractivity contribution >= 4 is 17.2 Å². The fourth-order valence-corrected chi connectivity index (χ4v) is 2.50. The summed E-state index contributed by atoms with van der Waals surface area (Å²) in [6.45, 7) is 6.52. The number of aromatic nitrogens is 3. The predicted octanol–water partition coefficient (Wildman–Crippen LogP) is 2.27. The SMILES string of the molecule is Cc1nn(Cc2csc(C(C)C)n2)c(N)c1C#N. The van der Waals surface area contributed by atoms with Gasteiger partial charge in [0.05, 0.1) is 22.9 Å². The van der Waals surface area contributed by atoms with Crippen molar-refractivity contribution in [2.45, 2.75) is 33.2 Å². The molecule has 2 rings (SSSR count). The number of hydrogen-bond donors (Lipinski definition) is 1. The Morgan fingerprint density at radius 3 is 2.78 bits per heavy atom. The maximum Gasteiger partial charge on any atom is 0.140 e. The minimum Gasteiger partial charge on any atom is -0.383 e. The van der Waals surface area contributed by atoms with Crippen molar-refractivity contribution in [2.75, 3.05) is 5.73 Å². The first kappa shape index (κ1) is 12.6. The maximum atomic E-state index is 8.96. The summed E-state index contributed by atoms with van der Waals surface area (Å²) in [6.07, 6.45) is 0. The second-order valence-electron chi connectivity index (χ2n) is 4.45. The summed E-state index contributed by atoms with van der Waals surface area (Å²) in [7, 11) is 0. The van der Waals surface area contributed by atoms with Crippen LogP contribution in [0.1, 0.15) is 41.7 Å². The molecule has 2 aromatic heterocycles. The molecule has 0 amide bonds. The van der Waals surface area contributed by atoms with E-state index in [2.05, 4.69) is 30.0 Å². The number of aryl methyl sites for hydroxylation is 1. The normalized spacial score (nSPS) is 10.8. The fraction of sp³-hybridized carbons (Fsp3) is 0.417. The Morgan fingerprint density at radius 2 is 2.28 bits per heavy atom. The van der Waals surface area contributed by atoms with E-state index in [1.165, 1.54) is 0 Å². The summed E-state index contributed by atoms with van der Waals surface area (Å²) in [5.74, 6) is 0.837. The molecule has 0 aliphatic rings. The summed E-state index contributed by atoms with van der Waals surface area (Å²) >= 11 is 1.64. The van der Waals surface area contributed by atoms with E-state index in [0.29, 0.717) is 29.5 Å². The van der Waals surface area contributed by atoms with Crippen LogP contribution in [0.25, 0.3) is 0 Å². The van der Waals surface area contributed by atoms with E-state index in [9.17, 15) is 0 Å². The molecule has 6 heteroatoms. The Balaban J connectivity index is 2.26. The summed E-state index contributed by atoms with van der Waals surface area (Å²) in [5, 5.41) is 16.3. The Hall–Kier alpha value is -1.87. The van der Waals surface area contributed by atoms with Gasteiger partial charge in [0.25, 0.3) is 0 Å². The summed E-state index contributed by atoms with van der Waals surface area (Å²) in [4.78, 5) is 4.53. The zero-order valence-electron chi connectivity index (χ0n) is 10.6. The summed E-state index contributed by atoms with van der Waals surface area (Å²) < 4.78 is 1.63. The minimum atomic E-state index is 0.411. The van der Waals surface area contributed by atoms with Crippen LogP contribution in [0.5, 0.6) is 0 Å². The largest absolute Gasteiger partial charge is 0.383 e. The lowest BCUT2D eigenvalue weighted by Crippen LogP contribution is -2.07. The second kappa shape index (κ2) is 4.78. The Kier molecular flexibility index (Phi) is 3.34. The van der Waals surface area contributed by atoms with Crippen LogP contribution in [-0.4, -0.2) is 14.8 Å². The van der Waals surface area contributed by atoms with Crippen LogP contribution in [-0.2, 0) is 6.54 Å². The van der Waals surface area contributed by atoms with E-state index in [-0.39, 0.29) is 0 Å². The lowest BCUT2D eigenvalue weighted by Gasteiger charge is -2.01. The lowest BCUT2D eigenvalue weighted by molar-refractivity contribution is 0.674. The molecule has 0 radical (unpaired) electrons. The fourth-order valence-electron chi connectivity index (χ4n) is 1.67.